The molecule has 0 aromatic heterocycles. The maximum absolute atomic E-state index is 13.0. The van der Waals surface area contributed by atoms with E-state index in [9.17, 15) is 4.39 Å². The zero-order chi connectivity index (χ0) is 10.7. The molecule has 1 aromatic rings. The maximum atomic E-state index is 13.0. The molecule has 0 bridgehead atoms. The first-order valence-corrected chi connectivity index (χ1v) is 5.87. The van der Waals surface area contributed by atoms with Crippen LogP contribution in [-0.2, 0) is 4.74 Å². The lowest BCUT2D eigenvalue weighted by molar-refractivity contribution is 0.100. The van der Waals surface area contributed by atoms with E-state index < -0.39 is 0 Å². The fourth-order valence-corrected chi connectivity index (χ4v) is 2.56. The zero-order valence-corrected chi connectivity index (χ0v) is 9.44. The van der Waals surface area contributed by atoms with Crippen molar-refractivity contribution in [1.29, 1.82) is 0 Å². The Bertz CT molecular complexity index is 339. The molecule has 4 heteroatoms. The van der Waals surface area contributed by atoms with Crippen molar-refractivity contribution >= 4 is 11.8 Å². The van der Waals surface area contributed by atoms with Crippen LogP contribution >= 0.6 is 11.8 Å². The monoisotopic (exact) mass is 227 g/mol. The Morgan fingerprint density at radius 1 is 1.53 bits per heavy atom. The number of ether oxygens (including phenoxy) is 1. The van der Waals surface area contributed by atoms with E-state index in [0.717, 1.165) is 18.0 Å². The van der Waals surface area contributed by atoms with Gasteiger partial charge in [-0.1, -0.05) is 0 Å². The molecule has 1 aliphatic rings. The lowest BCUT2D eigenvalue weighted by atomic mass is 10.2. The highest BCUT2D eigenvalue weighted by Gasteiger charge is 2.14. The summed E-state index contributed by atoms with van der Waals surface area (Å²) in [5, 5.41) is 3.63. The van der Waals surface area contributed by atoms with Crippen molar-refractivity contribution in [3.05, 3.63) is 29.6 Å². The second-order valence-electron chi connectivity index (χ2n) is 3.55. The molecule has 1 heterocycles. The first-order valence-electron chi connectivity index (χ1n) is 4.99. The van der Waals surface area contributed by atoms with Gasteiger partial charge in [-0.3, -0.25) is 0 Å². The second-order valence-corrected chi connectivity index (χ2v) is 4.82. The molecule has 0 amide bonds. The number of thioether (sulfide) groups is 1. The first-order chi connectivity index (χ1) is 7.25. The number of halogens is 1. The van der Waals surface area contributed by atoms with E-state index >= 15 is 0 Å². The van der Waals surface area contributed by atoms with Gasteiger partial charge in [0.15, 0.2) is 0 Å². The summed E-state index contributed by atoms with van der Waals surface area (Å²) in [6, 6.07) is 5.20. The molecule has 1 atom stereocenters. The number of nitrogens with one attached hydrogen (secondary N) is 1. The normalized spacial score (nSPS) is 21.6. The summed E-state index contributed by atoms with van der Waals surface area (Å²) >= 11 is 1.68. The molecule has 1 fully saturated rings. The van der Waals surface area contributed by atoms with E-state index in [2.05, 4.69) is 5.32 Å². The quantitative estimate of drug-likeness (QED) is 0.836. The minimum Gasteiger partial charge on any atom is -0.378 e. The van der Waals surface area contributed by atoms with Crippen LogP contribution in [-0.4, -0.2) is 25.1 Å². The third kappa shape index (κ3) is 2.93. The molecule has 0 aliphatic carbocycles. The van der Waals surface area contributed by atoms with Gasteiger partial charge in [0, 0.05) is 11.4 Å². The summed E-state index contributed by atoms with van der Waals surface area (Å²) in [7, 11) is 0. The molecule has 2 nitrogen and oxygen atoms in total. The summed E-state index contributed by atoms with van der Waals surface area (Å²) < 4.78 is 18.4. The van der Waals surface area contributed by atoms with Gasteiger partial charge in [0.25, 0.3) is 0 Å². The van der Waals surface area contributed by atoms with Crippen molar-refractivity contribution in [3.8, 4) is 0 Å². The maximum Gasteiger partial charge on any atom is 0.126 e. The molecule has 2 rings (SSSR count). The Morgan fingerprint density at radius 2 is 2.40 bits per heavy atom. The highest BCUT2D eigenvalue weighted by atomic mass is 32.2. The third-order valence-electron chi connectivity index (χ3n) is 2.30. The molecule has 1 N–H and O–H groups in total. The van der Waals surface area contributed by atoms with Crippen LogP contribution in [0, 0.1) is 12.7 Å². The highest BCUT2D eigenvalue weighted by Crippen LogP contribution is 2.24. The number of rotatable bonds is 2. The van der Waals surface area contributed by atoms with Gasteiger partial charge in [-0.2, -0.15) is 0 Å². The molecular weight excluding hydrogens is 213 g/mol. The molecule has 15 heavy (non-hydrogen) atoms. The summed E-state index contributed by atoms with van der Waals surface area (Å²) in [6.07, 6.45) is 0. The summed E-state index contributed by atoms with van der Waals surface area (Å²) in [5.41, 5.74) is 0.691. The molecular formula is C11H14FNOS. The first kappa shape index (κ1) is 10.9. The van der Waals surface area contributed by atoms with Gasteiger partial charge in [0.2, 0.25) is 0 Å². The van der Waals surface area contributed by atoms with Gasteiger partial charge in [-0.15, -0.1) is 11.8 Å². The van der Waals surface area contributed by atoms with E-state index in [1.54, 1.807) is 18.7 Å². The number of aryl methyl sites for hydroxylation is 1. The lowest BCUT2D eigenvalue weighted by Crippen LogP contribution is -2.38. The topological polar surface area (TPSA) is 21.3 Å². The van der Waals surface area contributed by atoms with Crippen LogP contribution < -0.4 is 5.32 Å². The number of morpholine rings is 1. The molecule has 1 saturated heterocycles. The highest BCUT2D eigenvalue weighted by molar-refractivity contribution is 8.00. The Hall–Kier alpha value is -0.580. The largest absolute Gasteiger partial charge is 0.378 e. The van der Waals surface area contributed by atoms with E-state index in [4.69, 9.17) is 4.74 Å². The summed E-state index contributed by atoms with van der Waals surface area (Å²) in [6.45, 7) is 4.16. The average Bonchev–Trinajstić information content (AvgIpc) is 2.25. The molecule has 1 unspecified atom stereocenters. The predicted octanol–water partition coefficient (Wildman–Crippen LogP) is 2.17. The molecule has 0 radical (unpaired) electrons. The van der Waals surface area contributed by atoms with Crippen LogP contribution in [0.2, 0.25) is 0 Å². The zero-order valence-electron chi connectivity index (χ0n) is 8.63. The van der Waals surface area contributed by atoms with Crippen molar-refractivity contribution in [2.75, 3.05) is 19.8 Å². The van der Waals surface area contributed by atoms with E-state index in [1.165, 1.54) is 6.07 Å². The van der Waals surface area contributed by atoms with E-state index in [1.807, 2.05) is 12.1 Å². The van der Waals surface area contributed by atoms with Gasteiger partial charge in [-0.25, -0.2) is 4.39 Å². The lowest BCUT2D eigenvalue weighted by Gasteiger charge is -2.23. The van der Waals surface area contributed by atoms with Crippen molar-refractivity contribution in [1.82, 2.24) is 5.32 Å². The number of hydrogen-bond donors (Lipinski definition) is 1. The molecule has 0 saturated carbocycles. The smallest absolute Gasteiger partial charge is 0.126 e. The number of hydrogen-bond acceptors (Lipinski definition) is 3. The third-order valence-corrected chi connectivity index (χ3v) is 3.41. The van der Waals surface area contributed by atoms with Gasteiger partial charge >= 0.3 is 0 Å². The van der Waals surface area contributed by atoms with Gasteiger partial charge in [-0.05, 0) is 30.7 Å². The van der Waals surface area contributed by atoms with Crippen LogP contribution in [0.1, 0.15) is 5.56 Å². The van der Waals surface area contributed by atoms with Crippen LogP contribution in [0.15, 0.2) is 23.1 Å². The molecule has 82 valence electrons. The molecule has 1 aliphatic heterocycles. The Morgan fingerprint density at radius 3 is 3.07 bits per heavy atom. The second kappa shape index (κ2) is 4.96. The van der Waals surface area contributed by atoms with Crippen LogP contribution in [0.4, 0.5) is 4.39 Å². The Balaban J connectivity index is 2.00. The van der Waals surface area contributed by atoms with Crippen LogP contribution in [0.3, 0.4) is 0 Å². The Labute approximate surface area is 93.2 Å². The minimum atomic E-state index is -0.146. The predicted molar refractivity (Wildman–Crippen MR) is 59.6 cm³/mol. The van der Waals surface area contributed by atoms with Gasteiger partial charge < -0.3 is 10.1 Å². The van der Waals surface area contributed by atoms with Crippen molar-refractivity contribution < 1.29 is 9.13 Å². The Kier molecular flexibility index (Phi) is 3.61. The van der Waals surface area contributed by atoms with E-state index in [0.29, 0.717) is 12.2 Å². The van der Waals surface area contributed by atoms with Crippen LogP contribution in [0.5, 0.6) is 0 Å². The van der Waals surface area contributed by atoms with Crippen molar-refractivity contribution in [2.24, 2.45) is 0 Å². The SMILES string of the molecule is Cc1cc(SC2COCCN2)ccc1F. The van der Waals surface area contributed by atoms with Gasteiger partial charge in [0.05, 0.1) is 18.6 Å². The van der Waals surface area contributed by atoms with Crippen LogP contribution in [0.25, 0.3) is 0 Å². The average molecular weight is 227 g/mol. The minimum absolute atomic E-state index is 0.146. The van der Waals surface area contributed by atoms with Crippen molar-refractivity contribution in [2.45, 2.75) is 17.2 Å². The summed E-state index contributed by atoms with van der Waals surface area (Å²) in [5.74, 6) is -0.146. The summed E-state index contributed by atoms with van der Waals surface area (Å²) in [4.78, 5) is 1.08. The number of benzene rings is 1. The van der Waals surface area contributed by atoms with Gasteiger partial charge in [0.1, 0.15) is 5.82 Å². The van der Waals surface area contributed by atoms with Crippen molar-refractivity contribution in [3.63, 3.8) is 0 Å². The van der Waals surface area contributed by atoms with E-state index in [-0.39, 0.29) is 11.2 Å². The standard InChI is InChI=1S/C11H14FNOS/c1-8-6-9(2-3-10(8)12)15-11-7-14-5-4-13-11/h2-3,6,11,13H,4-5,7H2,1H3. The molecule has 1 aromatic carbocycles. The molecule has 0 spiro atoms. The fraction of sp³-hybridized carbons (Fsp3) is 0.455. The fourth-order valence-electron chi connectivity index (χ4n) is 1.47.